The number of nitrogens with one attached hydrogen (secondary N) is 1. The van der Waals surface area contributed by atoms with E-state index in [9.17, 15) is 9.59 Å². The summed E-state index contributed by atoms with van der Waals surface area (Å²) in [5, 5.41) is 18.3. The van der Waals surface area contributed by atoms with Crippen molar-refractivity contribution in [3.8, 4) is 0 Å². The quantitative estimate of drug-likeness (QED) is 0.581. The summed E-state index contributed by atoms with van der Waals surface area (Å²) in [5.74, 6) is -0.212. The summed E-state index contributed by atoms with van der Waals surface area (Å²) in [4.78, 5) is 24.5. The van der Waals surface area contributed by atoms with Gasteiger partial charge in [0.25, 0.3) is 0 Å². The first-order valence-electron chi connectivity index (χ1n) is 7.77. The fourth-order valence-corrected chi connectivity index (χ4v) is 3.40. The third-order valence-electron chi connectivity index (χ3n) is 3.93. The highest BCUT2D eigenvalue weighted by Crippen LogP contribution is 2.24. The lowest BCUT2D eigenvalue weighted by molar-refractivity contribution is -0.116. The summed E-state index contributed by atoms with van der Waals surface area (Å²) in [6.07, 6.45) is 2.99. The van der Waals surface area contributed by atoms with Gasteiger partial charge in [-0.3, -0.25) is 9.59 Å². The Morgan fingerprint density at radius 3 is 3.00 bits per heavy atom. The fraction of sp³-hybridized carbons (Fsp3) is 0.118. The van der Waals surface area contributed by atoms with Crippen molar-refractivity contribution >= 4 is 33.9 Å². The molecule has 4 rings (SSSR count). The molecule has 0 aliphatic carbocycles. The molecule has 1 atom stereocenters. The summed E-state index contributed by atoms with van der Waals surface area (Å²) in [5.41, 5.74) is 1.80. The molecule has 0 aliphatic heterocycles. The Morgan fingerprint density at radius 2 is 2.23 bits per heavy atom. The molecule has 0 fully saturated rings. The number of nitrogens with zero attached hydrogens (tertiary/aromatic N) is 4. The van der Waals surface area contributed by atoms with E-state index in [-0.39, 0.29) is 23.8 Å². The van der Waals surface area contributed by atoms with E-state index in [4.69, 9.17) is 4.42 Å². The summed E-state index contributed by atoms with van der Waals surface area (Å²) >= 11 is 1.54. The lowest BCUT2D eigenvalue weighted by Crippen LogP contribution is -2.20. The Morgan fingerprint density at radius 1 is 1.31 bits per heavy atom. The molecule has 8 nitrogen and oxygen atoms in total. The maximum Gasteiger partial charge on any atom is 0.226 e. The molecule has 26 heavy (non-hydrogen) atoms. The Labute approximate surface area is 151 Å². The topological polar surface area (TPSA) is 103 Å². The molecular weight excluding hydrogens is 354 g/mol. The van der Waals surface area contributed by atoms with E-state index in [1.54, 1.807) is 34.2 Å². The molecule has 0 bridgehead atoms. The number of amides is 1. The van der Waals surface area contributed by atoms with Crippen LogP contribution in [0.1, 0.15) is 18.0 Å². The van der Waals surface area contributed by atoms with E-state index in [1.165, 1.54) is 18.7 Å². The molecule has 0 radical (unpaired) electrons. The smallest absolute Gasteiger partial charge is 0.226 e. The highest BCUT2D eigenvalue weighted by Gasteiger charge is 2.20. The molecule has 1 aromatic carbocycles. The first-order valence-corrected chi connectivity index (χ1v) is 8.71. The van der Waals surface area contributed by atoms with Gasteiger partial charge in [-0.1, -0.05) is 0 Å². The van der Waals surface area contributed by atoms with E-state index < -0.39 is 0 Å². The van der Waals surface area contributed by atoms with Gasteiger partial charge in [-0.25, -0.2) is 4.68 Å². The van der Waals surface area contributed by atoms with Crippen LogP contribution in [-0.2, 0) is 4.79 Å². The van der Waals surface area contributed by atoms with Crippen LogP contribution in [0, 0.1) is 0 Å². The minimum Gasteiger partial charge on any atom is -0.464 e. The highest BCUT2D eigenvalue weighted by molar-refractivity contribution is 7.08. The van der Waals surface area contributed by atoms with Gasteiger partial charge in [0.15, 0.2) is 5.43 Å². The van der Waals surface area contributed by atoms with Gasteiger partial charge in [-0.15, -0.1) is 5.10 Å². The second-order valence-electron chi connectivity index (χ2n) is 5.61. The Balaban J connectivity index is 1.56. The lowest BCUT2D eigenvalue weighted by Gasteiger charge is -2.15. The third-order valence-corrected chi connectivity index (χ3v) is 4.64. The number of thiophene rings is 1. The Kier molecular flexibility index (Phi) is 4.28. The van der Waals surface area contributed by atoms with Crippen LogP contribution in [0.15, 0.2) is 62.9 Å². The summed E-state index contributed by atoms with van der Waals surface area (Å²) in [6, 6.07) is 7.94. The van der Waals surface area contributed by atoms with Gasteiger partial charge in [-0.2, -0.15) is 11.3 Å². The van der Waals surface area contributed by atoms with Crippen molar-refractivity contribution in [2.24, 2.45) is 0 Å². The first-order chi connectivity index (χ1) is 12.7. The molecule has 9 heteroatoms. The summed E-state index contributed by atoms with van der Waals surface area (Å²) in [6.45, 7) is 0. The number of carbonyl (C=O) groups is 1. The number of aromatic nitrogens is 4. The number of benzene rings is 1. The van der Waals surface area contributed by atoms with Crippen molar-refractivity contribution in [1.29, 1.82) is 0 Å². The van der Waals surface area contributed by atoms with Crippen LogP contribution >= 0.6 is 11.3 Å². The minimum atomic E-state index is -0.304. The second kappa shape index (κ2) is 6.89. The third kappa shape index (κ3) is 3.24. The normalized spacial score (nSPS) is 12.2. The van der Waals surface area contributed by atoms with Crippen molar-refractivity contribution in [3.63, 3.8) is 0 Å². The molecule has 0 spiro atoms. The maximum atomic E-state index is 12.5. The molecule has 3 heterocycles. The van der Waals surface area contributed by atoms with Gasteiger partial charge in [0.2, 0.25) is 5.91 Å². The van der Waals surface area contributed by atoms with Crippen molar-refractivity contribution in [3.05, 3.63) is 69.5 Å². The standard InChI is InChI=1S/C17H13N5O3S/c23-15-3-5-25-16-2-1-12(7-13(15)16)19-17(24)8-14(11-4-6-26-9-11)22-10-18-20-21-22/h1-7,9-10,14H,8H2,(H,19,24)/t14-/m1/s1. The molecule has 0 aliphatic rings. The summed E-state index contributed by atoms with van der Waals surface area (Å²) < 4.78 is 6.83. The molecule has 0 unspecified atom stereocenters. The number of hydrogen-bond donors (Lipinski definition) is 1. The van der Waals surface area contributed by atoms with Gasteiger partial charge in [0.05, 0.1) is 24.1 Å². The van der Waals surface area contributed by atoms with Crippen molar-refractivity contribution in [2.75, 3.05) is 5.32 Å². The van der Waals surface area contributed by atoms with Gasteiger partial charge >= 0.3 is 0 Å². The average molecular weight is 367 g/mol. The SMILES string of the molecule is O=C(C[C@H](c1ccsc1)n1cnnn1)Nc1ccc2occc(=O)c2c1. The van der Waals surface area contributed by atoms with Crippen LogP contribution in [0.2, 0.25) is 0 Å². The van der Waals surface area contributed by atoms with E-state index in [0.29, 0.717) is 16.7 Å². The van der Waals surface area contributed by atoms with Crippen molar-refractivity contribution < 1.29 is 9.21 Å². The highest BCUT2D eigenvalue weighted by atomic mass is 32.1. The van der Waals surface area contributed by atoms with Gasteiger partial charge in [-0.05, 0) is 51.0 Å². The number of anilines is 1. The number of fused-ring (bicyclic) bond motifs is 1. The minimum absolute atomic E-state index is 0.156. The molecule has 1 N–H and O–H groups in total. The second-order valence-corrected chi connectivity index (χ2v) is 6.39. The Hall–Kier alpha value is -3.33. The lowest BCUT2D eigenvalue weighted by atomic mass is 10.1. The Bertz CT molecular complexity index is 1060. The fourth-order valence-electron chi connectivity index (χ4n) is 2.69. The predicted molar refractivity (Wildman–Crippen MR) is 96.0 cm³/mol. The molecule has 4 aromatic rings. The van der Waals surface area contributed by atoms with E-state index in [2.05, 4.69) is 20.8 Å². The van der Waals surface area contributed by atoms with Gasteiger partial charge in [0.1, 0.15) is 11.9 Å². The summed E-state index contributed by atoms with van der Waals surface area (Å²) in [7, 11) is 0. The number of tetrazole rings is 1. The largest absolute Gasteiger partial charge is 0.464 e. The zero-order valence-electron chi connectivity index (χ0n) is 13.4. The number of carbonyl (C=O) groups excluding carboxylic acids is 1. The maximum absolute atomic E-state index is 12.5. The predicted octanol–water partition coefficient (Wildman–Crippen LogP) is 2.46. The van der Waals surface area contributed by atoms with E-state index >= 15 is 0 Å². The average Bonchev–Trinajstić information content (AvgIpc) is 3.34. The molecule has 0 saturated heterocycles. The van der Waals surface area contributed by atoms with Crippen LogP contribution in [0.4, 0.5) is 5.69 Å². The van der Waals surface area contributed by atoms with Crippen LogP contribution in [0.25, 0.3) is 11.0 Å². The van der Waals surface area contributed by atoms with E-state index in [0.717, 1.165) is 5.56 Å². The van der Waals surface area contributed by atoms with E-state index in [1.807, 2.05) is 16.8 Å². The van der Waals surface area contributed by atoms with Crippen LogP contribution in [-0.4, -0.2) is 26.1 Å². The monoisotopic (exact) mass is 367 g/mol. The van der Waals surface area contributed by atoms with Crippen LogP contribution < -0.4 is 10.7 Å². The zero-order valence-corrected chi connectivity index (χ0v) is 14.2. The van der Waals surface area contributed by atoms with Crippen LogP contribution in [0.5, 0.6) is 0 Å². The molecule has 0 saturated carbocycles. The molecule has 130 valence electrons. The van der Waals surface area contributed by atoms with Gasteiger partial charge < -0.3 is 9.73 Å². The number of hydrogen-bond acceptors (Lipinski definition) is 7. The van der Waals surface area contributed by atoms with Crippen molar-refractivity contribution in [2.45, 2.75) is 12.5 Å². The zero-order chi connectivity index (χ0) is 17.9. The molecular formula is C17H13N5O3S. The van der Waals surface area contributed by atoms with Crippen LogP contribution in [0.3, 0.4) is 0 Å². The molecule has 1 amide bonds. The number of rotatable bonds is 5. The first kappa shape index (κ1) is 16.2. The van der Waals surface area contributed by atoms with Crippen molar-refractivity contribution in [1.82, 2.24) is 20.2 Å². The van der Waals surface area contributed by atoms with Gasteiger partial charge in [0, 0.05) is 11.8 Å². The molecule has 3 aromatic heterocycles.